The number of likely N-dealkylation sites (tertiary alicyclic amines) is 1. The Balaban J connectivity index is 3.17. The number of carbonyl (C=O) groups is 4. The largest absolute Gasteiger partial charge is 0.444 e. The zero-order chi connectivity index (χ0) is 40.3. The number of guanidine groups is 1. The van der Waals surface area contributed by atoms with E-state index >= 15 is 0 Å². The minimum Gasteiger partial charge on any atom is -0.444 e. The molecule has 0 spiro atoms. The van der Waals surface area contributed by atoms with Gasteiger partial charge in [0.2, 0.25) is 5.96 Å². The highest BCUT2D eigenvalue weighted by molar-refractivity contribution is 6.74. The number of Topliss-reactive ketones (excluding diaryl/α,β-unsaturated/α-hetero) is 2. The van der Waals surface area contributed by atoms with Crippen LogP contribution in [0.5, 0.6) is 0 Å². The molecule has 0 saturated carbocycles. The zero-order valence-electron chi connectivity index (χ0n) is 35.8. The van der Waals surface area contributed by atoms with Gasteiger partial charge in [-0.05, 0) is 116 Å². The summed E-state index contributed by atoms with van der Waals surface area (Å²) in [6.45, 7) is 33.8. The van der Waals surface area contributed by atoms with E-state index in [0.717, 1.165) is 12.8 Å². The average molecular weight is 770 g/mol. The second-order valence-electron chi connectivity index (χ2n) is 19.5. The summed E-state index contributed by atoms with van der Waals surface area (Å²) >= 11 is 0. The van der Waals surface area contributed by atoms with Crippen molar-refractivity contribution in [1.29, 1.82) is 0 Å². The highest BCUT2D eigenvalue weighted by Gasteiger charge is 2.40. The third-order valence-electron chi connectivity index (χ3n) is 10.2. The molecule has 11 nitrogen and oxygen atoms in total. The van der Waals surface area contributed by atoms with Gasteiger partial charge in [-0.25, -0.2) is 9.59 Å². The highest BCUT2D eigenvalue weighted by atomic mass is 28.4. The summed E-state index contributed by atoms with van der Waals surface area (Å²) < 4.78 is 23.6. The molecule has 1 aliphatic rings. The number of carbonyl (C=O) groups excluding carboxylic acids is 4. The van der Waals surface area contributed by atoms with Gasteiger partial charge in [0.25, 0.3) is 0 Å². The smallest absolute Gasteiger partial charge is 0.437 e. The third-order valence-corrected chi connectivity index (χ3v) is 19.3. The fourth-order valence-electron chi connectivity index (χ4n) is 5.29. The van der Waals surface area contributed by atoms with E-state index in [1.807, 2.05) is 0 Å². The number of amides is 2. The molecule has 1 saturated heterocycles. The van der Waals surface area contributed by atoms with Crippen LogP contribution in [0.2, 0.25) is 36.3 Å². The number of ketones is 2. The van der Waals surface area contributed by atoms with Crippen molar-refractivity contribution < 1.29 is 37.5 Å². The van der Waals surface area contributed by atoms with Crippen LogP contribution < -0.4 is 5.32 Å². The van der Waals surface area contributed by atoms with E-state index in [-0.39, 0.29) is 52.5 Å². The Morgan fingerprint density at radius 3 is 1.37 bits per heavy atom. The van der Waals surface area contributed by atoms with Crippen LogP contribution in [0.15, 0.2) is 4.99 Å². The van der Waals surface area contributed by atoms with Gasteiger partial charge >= 0.3 is 12.2 Å². The maximum atomic E-state index is 13.4. The van der Waals surface area contributed by atoms with Crippen molar-refractivity contribution >= 4 is 46.3 Å². The van der Waals surface area contributed by atoms with Gasteiger partial charge in [-0.15, -0.1) is 4.99 Å². The first-order chi connectivity index (χ1) is 23.4. The number of aliphatic imine (C=N–C) groups is 1. The van der Waals surface area contributed by atoms with E-state index in [0.29, 0.717) is 51.7 Å². The van der Waals surface area contributed by atoms with Crippen LogP contribution >= 0.6 is 0 Å². The lowest BCUT2D eigenvalue weighted by Crippen LogP contribution is -2.52. The predicted molar refractivity (Wildman–Crippen MR) is 215 cm³/mol. The lowest BCUT2D eigenvalue weighted by Gasteiger charge is -2.36. The minimum absolute atomic E-state index is 0.0675. The summed E-state index contributed by atoms with van der Waals surface area (Å²) in [6, 6.07) is -0.745. The zero-order valence-corrected chi connectivity index (χ0v) is 37.8. The maximum absolute atomic E-state index is 13.4. The summed E-state index contributed by atoms with van der Waals surface area (Å²) in [5.41, 5.74) is -1.63. The van der Waals surface area contributed by atoms with Gasteiger partial charge in [0.05, 0.1) is 0 Å². The second kappa shape index (κ2) is 19.5. The van der Waals surface area contributed by atoms with Gasteiger partial charge < -0.3 is 23.2 Å². The summed E-state index contributed by atoms with van der Waals surface area (Å²) in [4.78, 5) is 58.9. The molecule has 0 aromatic rings. The Bertz CT molecular complexity index is 1170. The summed E-state index contributed by atoms with van der Waals surface area (Å²) in [5.74, 6) is 0.0805. The van der Waals surface area contributed by atoms with Crippen molar-refractivity contribution in [2.45, 2.75) is 207 Å². The van der Waals surface area contributed by atoms with Gasteiger partial charge in [-0.1, -0.05) is 41.5 Å². The lowest BCUT2D eigenvalue weighted by molar-refractivity contribution is -0.120. The van der Waals surface area contributed by atoms with Crippen molar-refractivity contribution in [3.05, 3.63) is 0 Å². The molecule has 1 aliphatic heterocycles. The fourth-order valence-corrected chi connectivity index (χ4v) is 7.47. The monoisotopic (exact) mass is 770 g/mol. The van der Waals surface area contributed by atoms with Crippen molar-refractivity contribution in [2.75, 3.05) is 13.2 Å². The molecule has 1 fully saturated rings. The summed E-state index contributed by atoms with van der Waals surface area (Å²) in [7, 11) is -3.72. The topological polar surface area (TPSA) is 133 Å². The molecule has 1 rings (SSSR count). The maximum Gasteiger partial charge on any atom is 0.437 e. The van der Waals surface area contributed by atoms with Crippen molar-refractivity contribution in [3.8, 4) is 0 Å². The molecular weight excluding hydrogens is 695 g/mol. The van der Waals surface area contributed by atoms with E-state index < -0.39 is 40.0 Å². The van der Waals surface area contributed by atoms with E-state index in [1.165, 1.54) is 0 Å². The summed E-state index contributed by atoms with van der Waals surface area (Å²) in [5, 5.41) is 2.92. The number of nitrogens with one attached hydrogen (secondary N) is 1. The molecule has 1 N–H and O–H groups in total. The van der Waals surface area contributed by atoms with Crippen LogP contribution in [0.3, 0.4) is 0 Å². The molecule has 13 heteroatoms. The Morgan fingerprint density at radius 2 is 1.02 bits per heavy atom. The van der Waals surface area contributed by atoms with Gasteiger partial charge in [0.15, 0.2) is 16.6 Å². The summed E-state index contributed by atoms with van der Waals surface area (Å²) in [6.07, 6.45) is 3.68. The fraction of sp³-hybridized carbons (Fsp3) is 0.872. The van der Waals surface area contributed by atoms with Gasteiger partial charge in [0.1, 0.15) is 22.8 Å². The molecule has 2 atom stereocenters. The Labute approximate surface area is 318 Å². The molecule has 52 heavy (non-hydrogen) atoms. The quantitative estimate of drug-likeness (QED) is 0.0705. The van der Waals surface area contributed by atoms with Gasteiger partial charge in [-0.3, -0.25) is 14.9 Å². The van der Waals surface area contributed by atoms with E-state index in [9.17, 15) is 19.2 Å². The van der Waals surface area contributed by atoms with Crippen molar-refractivity contribution in [1.82, 2.24) is 10.2 Å². The predicted octanol–water partition coefficient (Wildman–Crippen LogP) is 9.94. The second-order valence-corrected chi connectivity index (χ2v) is 29.1. The Kier molecular flexibility index (Phi) is 18.0. The molecule has 1 heterocycles. The van der Waals surface area contributed by atoms with E-state index in [1.54, 1.807) is 46.4 Å². The van der Waals surface area contributed by atoms with Crippen LogP contribution in [0, 0.1) is 0 Å². The van der Waals surface area contributed by atoms with Crippen LogP contribution in [-0.2, 0) is 27.9 Å². The van der Waals surface area contributed by atoms with E-state index in [2.05, 4.69) is 78.0 Å². The molecule has 302 valence electrons. The molecule has 0 bridgehead atoms. The molecule has 0 aromatic carbocycles. The molecule has 2 amide bonds. The van der Waals surface area contributed by atoms with Gasteiger partial charge in [-0.2, -0.15) is 0 Å². The molecule has 0 radical (unpaired) electrons. The van der Waals surface area contributed by atoms with Crippen LogP contribution in [-0.4, -0.2) is 87.7 Å². The normalized spacial score (nSPS) is 18.0. The first-order valence-electron chi connectivity index (χ1n) is 19.4. The number of rotatable bonds is 16. The van der Waals surface area contributed by atoms with Crippen molar-refractivity contribution in [3.63, 3.8) is 0 Å². The molecule has 0 unspecified atom stereocenters. The average Bonchev–Trinajstić information content (AvgIpc) is 3.30. The lowest BCUT2D eigenvalue weighted by atomic mass is 10.0. The molecular formula is C39H75N3O8Si2. The van der Waals surface area contributed by atoms with Crippen LogP contribution in [0.4, 0.5) is 9.59 Å². The number of unbranched alkanes of at least 4 members (excludes halogenated alkanes) is 2. The first kappa shape index (κ1) is 47.9. The SMILES string of the molecule is CC(C)(C)OC(=O)/N=C(/NC(=O)OC(C)(C)C)N1[C@@H](CC(=O)CCCCO[Si](C)(C)C(C)(C)C)CC[C@H]1CC(=O)CCCCO[Si](C)(C)C(C)(C)C. The van der Waals surface area contributed by atoms with Crippen LogP contribution in [0.1, 0.15) is 147 Å². The number of hydrogen-bond acceptors (Lipinski definition) is 8. The van der Waals surface area contributed by atoms with Gasteiger partial charge in [0, 0.05) is 51.0 Å². The third kappa shape index (κ3) is 17.8. The number of ether oxygens (including phenoxy) is 2. The number of alkyl carbamates (subject to hydrolysis) is 1. The first-order valence-corrected chi connectivity index (χ1v) is 25.2. The Morgan fingerprint density at radius 1 is 0.635 bits per heavy atom. The number of hydrogen-bond donors (Lipinski definition) is 1. The van der Waals surface area contributed by atoms with Crippen molar-refractivity contribution in [2.24, 2.45) is 4.99 Å². The number of nitrogens with zero attached hydrogens (tertiary/aromatic N) is 2. The minimum atomic E-state index is -1.86. The Hall–Kier alpha value is -2.10. The molecule has 0 aliphatic carbocycles. The highest BCUT2D eigenvalue weighted by Crippen LogP contribution is 2.37. The van der Waals surface area contributed by atoms with E-state index in [4.69, 9.17) is 18.3 Å². The standard InChI is InChI=1S/C39H75N3O8Si2/c1-36(2,3)49-34(45)40-33(41-35(46)50-37(4,5)6)42-29(27-31(43)21-17-19-25-47-51(13,14)38(7,8)9)23-24-30(42)28-32(44)22-18-20-26-48-52(15,16)39(10,11)12/h29-30H,17-28H2,1-16H3,(H,40,41,45,46)/t29-,30+. The van der Waals surface area contributed by atoms with Crippen LogP contribution in [0.25, 0.3) is 0 Å². The molecule has 0 aromatic heterocycles.